The Hall–Kier alpha value is -2.00. The van der Waals surface area contributed by atoms with E-state index in [4.69, 9.17) is 5.11 Å². The highest BCUT2D eigenvalue weighted by atomic mass is 19.4. The van der Waals surface area contributed by atoms with E-state index in [0.717, 1.165) is 0 Å². The van der Waals surface area contributed by atoms with Crippen LogP contribution < -0.4 is 4.74 Å². The fraction of sp³-hybridized carbons (Fsp3) is 0.250. The summed E-state index contributed by atoms with van der Waals surface area (Å²) in [5.74, 6) is -5.71. The van der Waals surface area contributed by atoms with Gasteiger partial charge in [-0.3, -0.25) is 0 Å². The molecule has 1 heterocycles. The van der Waals surface area contributed by atoms with Crippen molar-refractivity contribution in [3.63, 3.8) is 0 Å². The third-order valence-electron chi connectivity index (χ3n) is 1.66. The Balaban J connectivity index is 3.48. The topological polar surface area (TPSA) is 59.4 Å². The van der Waals surface area contributed by atoms with E-state index in [2.05, 4.69) is 9.72 Å². The molecular formula is C8H3F6NO3. The first-order valence-corrected chi connectivity index (χ1v) is 4.09. The third kappa shape index (κ3) is 3.02. The normalized spacial score (nSPS) is 11.7. The van der Waals surface area contributed by atoms with E-state index in [1.54, 1.807) is 0 Å². The zero-order chi connectivity index (χ0) is 14.1. The zero-order valence-corrected chi connectivity index (χ0v) is 8.13. The summed E-state index contributed by atoms with van der Waals surface area (Å²) < 4.78 is 76.7. The van der Waals surface area contributed by atoms with Gasteiger partial charge in [-0.2, -0.15) is 0 Å². The molecule has 0 aromatic carbocycles. The molecule has 0 atom stereocenters. The molecule has 1 N–H and O–H groups in total. The number of carboxylic acid groups (broad SMARTS) is 1. The minimum atomic E-state index is -5.46. The summed E-state index contributed by atoms with van der Waals surface area (Å²) in [5, 5.41) is 8.48. The van der Waals surface area contributed by atoms with Crippen LogP contribution in [0.25, 0.3) is 0 Å². The number of halogens is 6. The molecule has 1 rings (SSSR count). The number of hydrogen-bond acceptors (Lipinski definition) is 3. The van der Waals surface area contributed by atoms with E-state index in [9.17, 15) is 31.1 Å². The van der Waals surface area contributed by atoms with Gasteiger partial charge in [-0.1, -0.05) is 0 Å². The van der Waals surface area contributed by atoms with Crippen LogP contribution in [0.5, 0.6) is 5.75 Å². The monoisotopic (exact) mass is 275 g/mol. The maximum atomic E-state index is 12.9. The van der Waals surface area contributed by atoms with E-state index >= 15 is 0 Å². The summed E-state index contributed by atoms with van der Waals surface area (Å²) >= 11 is 0. The van der Waals surface area contributed by atoms with Gasteiger partial charge >= 0.3 is 12.3 Å². The molecule has 0 unspecified atom stereocenters. The Morgan fingerprint density at radius 2 is 1.94 bits per heavy atom. The first kappa shape index (κ1) is 14.1. The molecule has 0 aliphatic rings. The fourth-order valence-electron chi connectivity index (χ4n) is 1.06. The van der Waals surface area contributed by atoms with E-state index < -0.39 is 41.6 Å². The lowest BCUT2D eigenvalue weighted by atomic mass is 10.2. The van der Waals surface area contributed by atoms with E-state index in [1.807, 2.05) is 0 Å². The number of aromatic nitrogens is 1. The number of carbonyl (C=O) groups is 1. The number of aromatic carboxylic acids is 1. The SMILES string of the molecule is O=C(O)c1ncc(F)c(C(F)F)c1OC(F)(F)F. The van der Waals surface area contributed by atoms with E-state index in [1.165, 1.54) is 0 Å². The molecule has 0 aliphatic heterocycles. The fourth-order valence-corrected chi connectivity index (χ4v) is 1.06. The Morgan fingerprint density at radius 1 is 1.39 bits per heavy atom. The Labute approximate surface area is 94.8 Å². The van der Waals surface area contributed by atoms with Crippen LogP contribution in [0, 0.1) is 5.82 Å². The molecule has 0 radical (unpaired) electrons. The molecule has 0 amide bonds. The summed E-state index contributed by atoms with van der Waals surface area (Å²) in [5.41, 5.74) is -3.26. The highest BCUT2D eigenvalue weighted by Gasteiger charge is 2.37. The zero-order valence-electron chi connectivity index (χ0n) is 8.13. The third-order valence-corrected chi connectivity index (χ3v) is 1.66. The van der Waals surface area contributed by atoms with Gasteiger partial charge in [0, 0.05) is 0 Å². The number of carboxylic acids is 1. The number of rotatable bonds is 3. The van der Waals surface area contributed by atoms with Crippen LogP contribution in [-0.2, 0) is 0 Å². The van der Waals surface area contributed by atoms with Gasteiger partial charge < -0.3 is 9.84 Å². The van der Waals surface area contributed by atoms with Gasteiger partial charge in [0.1, 0.15) is 0 Å². The minimum absolute atomic E-state index is 0.0776. The first-order valence-electron chi connectivity index (χ1n) is 4.09. The summed E-state index contributed by atoms with van der Waals surface area (Å²) in [7, 11) is 0. The lowest BCUT2D eigenvalue weighted by Crippen LogP contribution is -2.21. The molecule has 100 valence electrons. The van der Waals surface area contributed by atoms with E-state index in [-0.39, 0.29) is 6.20 Å². The van der Waals surface area contributed by atoms with Gasteiger partial charge in [0.05, 0.1) is 11.8 Å². The molecule has 0 spiro atoms. The van der Waals surface area contributed by atoms with Gasteiger partial charge in [0.15, 0.2) is 17.3 Å². The van der Waals surface area contributed by atoms with Crippen LogP contribution in [-0.4, -0.2) is 22.4 Å². The van der Waals surface area contributed by atoms with Crippen LogP contribution in [0.1, 0.15) is 22.5 Å². The molecular weight excluding hydrogens is 272 g/mol. The summed E-state index contributed by atoms with van der Waals surface area (Å²) in [6.45, 7) is 0. The molecule has 1 aromatic heterocycles. The van der Waals surface area contributed by atoms with Gasteiger partial charge in [0.25, 0.3) is 6.43 Å². The number of nitrogens with zero attached hydrogens (tertiary/aromatic N) is 1. The number of alkyl halides is 5. The minimum Gasteiger partial charge on any atom is -0.476 e. The first-order chi connectivity index (χ1) is 8.13. The van der Waals surface area contributed by atoms with Crippen LogP contribution in [0.15, 0.2) is 6.20 Å². The molecule has 0 saturated heterocycles. The number of ether oxygens (including phenoxy) is 1. The second-order valence-electron chi connectivity index (χ2n) is 2.85. The standard InChI is InChI=1S/C8H3F6NO3/c9-2-1-15-4(7(16)17)5(3(2)6(10)11)18-8(12,13)14/h1,6H,(H,16,17). The van der Waals surface area contributed by atoms with Crippen molar-refractivity contribution >= 4 is 5.97 Å². The quantitative estimate of drug-likeness (QED) is 0.862. The van der Waals surface area contributed by atoms with Crippen molar-refractivity contribution in [2.24, 2.45) is 0 Å². The molecule has 0 saturated carbocycles. The summed E-state index contributed by atoms with van der Waals surface area (Å²) in [6, 6.07) is 0. The lowest BCUT2D eigenvalue weighted by molar-refractivity contribution is -0.275. The average Bonchev–Trinajstić information content (AvgIpc) is 2.13. The van der Waals surface area contributed by atoms with Crippen molar-refractivity contribution in [1.29, 1.82) is 0 Å². The summed E-state index contributed by atoms with van der Waals surface area (Å²) in [4.78, 5) is 13.3. The molecule has 0 fully saturated rings. The van der Waals surface area contributed by atoms with Crippen LogP contribution in [0.3, 0.4) is 0 Å². The Bertz CT molecular complexity index is 473. The molecule has 4 nitrogen and oxygen atoms in total. The second-order valence-corrected chi connectivity index (χ2v) is 2.85. The highest BCUT2D eigenvalue weighted by molar-refractivity contribution is 5.89. The van der Waals surface area contributed by atoms with Gasteiger partial charge in [-0.25, -0.2) is 22.9 Å². The van der Waals surface area contributed by atoms with E-state index in [0.29, 0.717) is 0 Å². The molecule has 0 bridgehead atoms. The van der Waals surface area contributed by atoms with Gasteiger partial charge in [-0.15, -0.1) is 13.2 Å². The molecule has 0 aliphatic carbocycles. The Kier molecular flexibility index (Phi) is 3.67. The van der Waals surface area contributed by atoms with Crippen LogP contribution >= 0.6 is 0 Å². The predicted molar refractivity (Wildman–Crippen MR) is 42.8 cm³/mol. The summed E-state index contributed by atoms with van der Waals surface area (Å²) in [6.07, 6.45) is -9.07. The molecule has 10 heteroatoms. The maximum absolute atomic E-state index is 12.9. The van der Waals surface area contributed by atoms with Crippen molar-refractivity contribution in [2.75, 3.05) is 0 Å². The van der Waals surface area contributed by atoms with Crippen molar-refractivity contribution in [1.82, 2.24) is 4.98 Å². The van der Waals surface area contributed by atoms with Crippen molar-refractivity contribution in [3.05, 3.63) is 23.3 Å². The molecule has 1 aromatic rings. The second kappa shape index (κ2) is 4.70. The van der Waals surface area contributed by atoms with Gasteiger partial charge in [0.2, 0.25) is 0 Å². The van der Waals surface area contributed by atoms with Crippen molar-refractivity contribution < 1.29 is 41.0 Å². The van der Waals surface area contributed by atoms with Crippen LogP contribution in [0.2, 0.25) is 0 Å². The lowest BCUT2D eigenvalue weighted by Gasteiger charge is -2.14. The smallest absolute Gasteiger partial charge is 0.476 e. The predicted octanol–water partition coefficient (Wildman–Crippen LogP) is 2.76. The van der Waals surface area contributed by atoms with Crippen LogP contribution in [0.4, 0.5) is 26.3 Å². The highest BCUT2D eigenvalue weighted by Crippen LogP contribution is 2.36. The maximum Gasteiger partial charge on any atom is 0.573 e. The van der Waals surface area contributed by atoms with Crippen molar-refractivity contribution in [3.8, 4) is 5.75 Å². The largest absolute Gasteiger partial charge is 0.573 e. The number of hydrogen-bond donors (Lipinski definition) is 1. The molecule has 18 heavy (non-hydrogen) atoms. The van der Waals surface area contributed by atoms with Crippen molar-refractivity contribution in [2.45, 2.75) is 12.8 Å². The Morgan fingerprint density at radius 3 is 2.33 bits per heavy atom. The van der Waals surface area contributed by atoms with Gasteiger partial charge in [-0.05, 0) is 0 Å². The number of pyridine rings is 1. The average molecular weight is 275 g/mol.